The van der Waals surface area contributed by atoms with Crippen molar-refractivity contribution in [2.24, 2.45) is 0 Å². The van der Waals surface area contributed by atoms with Crippen LogP contribution in [-0.4, -0.2) is 67.6 Å². The van der Waals surface area contributed by atoms with Gasteiger partial charge in [0.05, 0.1) is 0 Å². The van der Waals surface area contributed by atoms with Gasteiger partial charge in [0, 0.05) is 50.6 Å². The monoisotopic (exact) mass is 424 g/mol. The van der Waals surface area contributed by atoms with Gasteiger partial charge in [0.2, 0.25) is 5.91 Å². The lowest BCUT2D eigenvalue weighted by atomic mass is 10.0. The summed E-state index contributed by atoms with van der Waals surface area (Å²) in [6.45, 7) is 8.11. The Balaban J connectivity index is 1.30. The van der Waals surface area contributed by atoms with Crippen molar-refractivity contribution in [1.29, 1.82) is 0 Å². The standard InChI is InChI=1S/C24H29FN4O2/c1-18(2)19-3-7-22(8-4-19)29-16-15-28(24(29)31)17-23(30)27-13-11-26(12-14-27)21-9-5-20(25)6-10-21/h3-10,18H,11-17H2,1-2H3. The van der Waals surface area contributed by atoms with E-state index in [1.54, 1.807) is 21.9 Å². The van der Waals surface area contributed by atoms with Crippen LogP contribution >= 0.6 is 0 Å². The summed E-state index contributed by atoms with van der Waals surface area (Å²) in [5, 5.41) is 0. The van der Waals surface area contributed by atoms with Gasteiger partial charge in [-0.2, -0.15) is 0 Å². The van der Waals surface area contributed by atoms with Crippen molar-refractivity contribution in [1.82, 2.24) is 9.80 Å². The molecular formula is C24H29FN4O2. The first-order valence-electron chi connectivity index (χ1n) is 10.9. The van der Waals surface area contributed by atoms with E-state index in [9.17, 15) is 14.0 Å². The highest BCUT2D eigenvalue weighted by molar-refractivity contribution is 5.96. The van der Waals surface area contributed by atoms with E-state index in [2.05, 4.69) is 30.9 Å². The maximum Gasteiger partial charge on any atom is 0.325 e. The molecule has 7 heteroatoms. The van der Waals surface area contributed by atoms with E-state index in [4.69, 9.17) is 0 Å². The van der Waals surface area contributed by atoms with Gasteiger partial charge in [0.1, 0.15) is 12.4 Å². The second-order valence-electron chi connectivity index (χ2n) is 8.45. The molecule has 3 amide bonds. The van der Waals surface area contributed by atoms with Gasteiger partial charge in [-0.3, -0.25) is 9.69 Å². The van der Waals surface area contributed by atoms with Gasteiger partial charge < -0.3 is 14.7 Å². The van der Waals surface area contributed by atoms with Gasteiger partial charge in [-0.1, -0.05) is 26.0 Å². The maximum absolute atomic E-state index is 13.1. The summed E-state index contributed by atoms with van der Waals surface area (Å²) >= 11 is 0. The molecule has 2 fully saturated rings. The molecule has 0 unspecified atom stereocenters. The minimum absolute atomic E-state index is 0.0240. The minimum atomic E-state index is -0.252. The van der Waals surface area contributed by atoms with Crippen LogP contribution in [0, 0.1) is 5.82 Å². The fourth-order valence-electron chi connectivity index (χ4n) is 4.14. The van der Waals surface area contributed by atoms with Gasteiger partial charge in [0.15, 0.2) is 0 Å². The minimum Gasteiger partial charge on any atom is -0.368 e. The lowest BCUT2D eigenvalue weighted by Crippen LogP contribution is -2.51. The number of carbonyl (C=O) groups is 2. The zero-order chi connectivity index (χ0) is 22.0. The van der Waals surface area contributed by atoms with Crippen LogP contribution in [0.25, 0.3) is 0 Å². The highest BCUT2D eigenvalue weighted by Crippen LogP contribution is 2.24. The third-order valence-electron chi connectivity index (χ3n) is 6.12. The number of amides is 3. The predicted octanol–water partition coefficient (Wildman–Crippen LogP) is 3.54. The van der Waals surface area contributed by atoms with E-state index in [0.29, 0.717) is 45.2 Å². The zero-order valence-electron chi connectivity index (χ0n) is 18.1. The topological polar surface area (TPSA) is 47.1 Å². The van der Waals surface area contributed by atoms with E-state index in [1.165, 1.54) is 17.7 Å². The lowest BCUT2D eigenvalue weighted by Gasteiger charge is -2.36. The molecule has 2 aliphatic rings. The molecule has 0 bridgehead atoms. The number of anilines is 2. The third kappa shape index (κ3) is 4.65. The molecule has 0 radical (unpaired) electrons. The van der Waals surface area contributed by atoms with Crippen LogP contribution < -0.4 is 9.80 Å². The molecule has 2 aliphatic heterocycles. The first-order valence-corrected chi connectivity index (χ1v) is 10.9. The molecule has 0 spiro atoms. The highest BCUT2D eigenvalue weighted by atomic mass is 19.1. The number of hydrogen-bond acceptors (Lipinski definition) is 3. The van der Waals surface area contributed by atoms with Crippen molar-refractivity contribution in [2.75, 3.05) is 55.6 Å². The quantitative estimate of drug-likeness (QED) is 0.738. The van der Waals surface area contributed by atoms with E-state index < -0.39 is 0 Å². The number of halogens is 1. The zero-order valence-corrected chi connectivity index (χ0v) is 18.1. The lowest BCUT2D eigenvalue weighted by molar-refractivity contribution is -0.131. The van der Waals surface area contributed by atoms with Gasteiger partial charge in [0.25, 0.3) is 0 Å². The van der Waals surface area contributed by atoms with Gasteiger partial charge >= 0.3 is 6.03 Å². The fraction of sp³-hybridized carbons (Fsp3) is 0.417. The molecule has 0 saturated carbocycles. The first kappa shape index (κ1) is 21.2. The molecule has 164 valence electrons. The molecule has 4 rings (SSSR count). The van der Waals surface area contributed by atoms with E-state index in [-0.39, 0.29) is 24.3 Å². The number of benzene rings is 2. The van der Waals surface area contributed by atoms with E-state index in [1.807, 2.05) is 17.0 Å². The fourth-order valence-corrected chi connectivity index (χ4v) is 4.14. The second kappa shape index (κ2) is 8.96. The highest BCUT2D eigenvalue weighted by Gasteiger charge is 2.32. The third-order valence-corrected chi connectivity index (χ3v) is 6.12. The Kier molecular flexibility index (Phi) is 6.11. The van der Waals surface area contributed by atoms with Crippen molar-refractivity contribution in [2.45, 2.75) is 19.8 Å². The van der Waals surface area contributed by atoms with Crippen LogP contribution in [0.5, 0.6) is 0 Å². The summed E-state index contributed by atoms with van der Waals surface area (Å²) in [6.07, 6.45) is 0. The Hall–Kier alpha value is -3.09. The van der Waals surface area contributed by atoms with Crippen molar-refractivity contribution in [3.8, 4) is 0 Å². The summed E-state index contributed by atoms with van der Waals surface area (Å²) in [6, 6.07) is 14.4. The molecular weight excluding hydrogens is 395 g/mol. The molecule has 31 heavy (non-hydrogen) atoms. The average Bonchev–Trinajstić information content (AvgIpc) is 3.14. The van der Waals surface area contributed by atoms with E-state index in [0.717, 1.165) is 11.4 Å². The smallest absolute Gasteiger partial charge is 0.325 e. The molecule has 0 aromatic heterocycles. The van der Waals surface area contributed by atoms with Crippen LogP contribution in [0.4, 0.5) is 20.6 Å². The summed E-state index contributed by atoms with van der Waals surface area (Å²) < 4.78 is 13.1. The largest absolute Gasteiger partial charge is 0.368 e. The van der Waals surface area contributed by atoms with Gasteiger partial charge in [-0.05, 0) is 47.9 Å². The van der Waals surface area contributed by atoms with Crippen LogP contribution in [0.3, 0.4) is 0 Å². The SMILES string of the molecule is CC(C)c1ccc(N2CCN(CC(=O)N3CCN(c4ccc(F)cc4)CC3)C2=O)cc1. The summed E-state index contributed by atoms with van der Waals surface area (Å²) in [7, 11) is 0. The number of nitrogens with zero attached hydrogens (tertiary/aromatic N) is 4. The number of piperazine rings is 1. The van der Waals surface area contributed by atoms with Crippen LogP contribution in [-0.2, 0) is 4.79 Å². The van der Waals surface area contributed by atoms with Crippen molar-refractivity contribution in [3.63, 3.8) is 0 Å². The Morgan fingerprint density at radius 1 is 0.871 bits per heavy atom. The molecule has 0 atom stereocenters. The molecule has 2 aromatic rings. The van der Waals surface area contributed by atoms with Gasteiger partial charge in [-0.25, -0.2) is 9.18 Å². The van der Waals surface area contributed by atoms with Crippen LogP contribution in [0.2, 0.25) is 0 Å². The number of carbonyl (C=O) groups excluding carboxylic acids is 2. The summed E-state index contributed by atoms with van der Waals surface area (Å²) in [5.41, 5.74) is 3.07. The molecule has 2 heterocycles. The molecule has 0 N–H and O–H groups in total. The maximum atomic E-state index is 13.1. The molecule has 6 nitrogen and oxygen atoms in total. The Bertz CT molecular complexity index is 922. The van der Waals surface area contributed by atoms with Crippen molar-refractivity contribution < 1.29 is 14.0 Å². The second-order valence-corrected chi connectivity index (χ2v) is 8.45. The Morgan fingerprint density at radius 2 is 1.48 bits per heavy atom. The summed E-state index contributed by atoms with van der Waals surface area (Å²) in [5.74, 6) is 0.169. The van der Waals surface area contributed by atoms with Crippen LogP contribution in [0.15, 0.2) is 48.5 Å². The van der Waals surface area contributed by atoms with Gasteiger partial charge in [-0.15, -0.1) is 0 Å². The summed E-state index contributed by atoms with van der Waals surface area (Å²) in [4.78, 5) is 33.0. The van der Waals surface area contributed by atoms with Crippen molar-refractivity contribution >= 4 is 23.3 Å². The Morgan fingerprint density at radius 3 is 2.10 bits per heavy atom. The molecule has 0 aliphatic carbocycles. The Labute approximate surface area is 182 Å². The average molecular weight is 425 g/mol. The number of hydrogen-bond donors (Lipinski definition) is 0. The first-order chi connectivity index (χ1) is 14.9. The van der Waals surface area contributed by atoms with Crippen molar-refractivity contribution in [3.05, 3.63) is 59.9 Å². The number of rotatable bonds is 5. The normalized spacial score (nSPS) is 17.1. The predicted molar refractivity (Wildman–Crippen MR) is 120 cm³/mol. The molecule has 2 saturated heterocycles. The number of urea groups is 1. The van der Waals surface area contributed by atoms with E-state index >= 15 is 0 Å². The molecule has 2 aromatic carbocycles. The van der Waals surface area contributed by atoms with Crippen LogP contribution in [0.1, 0.15) is 25.3 Å².